The quantitative estimate of drug-likeness (QED) is 0.615. The first-order valence-electron chi connectivity index (χ1n) is 6.17. The van der Waals surface area contributed by atoms with E-state index in [9.17, 15) is 5.11 Å². The lowest BCUT2D eigenvalue weighted by molar-refractivity contribution is 0.222. The molecular weight excluding hydrogens is 356 g/mol. The average molecular weight is 368 g/mol. The Morgan fingerprint density at radius 1 is 1.25 bits per heavy atom. The summed E-state index contributed by atoms with van der Waals surface area (Å²) in [4.78, 5) is 0. The normalized spacial score (nSPS) is 12.8. The molecule has 0 aliphatic rings. The number of fused-ring (bicyclic) bond motifs is 1. The van der Waals surface area contributed by atoms with Crippen molar-refractivity contribution >= 4 is 49.0 Å². The summed E-state index contributed by atoms with van der Waals surface area (Å²) < 4.78 is 2.21. The van der Waals surface area contributed by atoms with Gasteiger partial charge in [0.05, 0.1) is 0 Å². The minimum Gasteiger partial charge on any atom is -0.384 e. The van der Waals surface area contributed by atoms with Crippen LogP contribution in [0.3, 0.4) is 0 Å². The molecule has 3 rings (SSSR count). The molecule has 1 nitrogen and oxygen atoms in total. The summed E-state index contributed by atoms with van der Waals surface area (Å²) in [5.74, 6) is 0. The molecule has 0 amide bonds. The Balaban J connectivity index is 2.10. The molecule has 0 radical (unpaired) electrons. The van der Waals surface area contributed by atoms with Crippen LogP contribution in [0.5, 0.6) is 0 Å². The molecule has 0 saturated carbocycles. The van der Waals surface area contributed by atoms with E-state index in [1.165, 1.54) is 0 Å². The van der Waals surface area contributed by atoms with E-state index in [2.05, 4.69) is 15.9 Å². The predicted octanol–water partition coefficient (Wildman–Crippen LogP) is 5.71. The molecule has 102 valence electrons. The van der Waals surface area contributed by atoms with Gasteiger partial charge in [-0.2, -0.15) is 0 Å². The Bertz CT molecular complexity index is 781. The average Bonchev–Trinajstić information content (AvgIpc) is 2.86. The Kier molecular flexibility index (Phi) is 3.87. The SMILES string of the molecule is Cc1ccc(C(O)c2csc3c(Br)cccc23)cc1Cl. The fraction of sp³-hybridized carbons (Fsp3) is 0.125. The largest absolute Gasteiger partial charge is 0.384 e. The summed E-state index contributed by atoms with van der Waals surface area (Å²) in [6.45, 7) is 1.95. The Labute approximate surface area is 135 Å². The van der Waals surface area contributed by atoms with Crippen molar-refractivity contribution in [2.75, 3.05) is 0 Å². The van der Waals surface area contributed by atoms with E-state index in [4.69, 9.17) is 11.6 Å². The van der Waals surface area contributed by atoms with Crippen LogP contribution in [0.15, 0.2) is 46.3 Å². The zero-order chi connectivity index (χ0) is 14.3. The van der Waals surface area contributed by atoms with Crippen LogP contribution in [0.4, 0.5) is 0 Å². The molecular formula is C16H12BrClOS. The molecule has 1 heterocycles. The van der Waals surface area contributed by atoms with Crippen molar-refractivity contribution in [3.05, 3.63) is 68.0 Å². The maximum absolute atomic E-state index is 10.6. The van der Waals surface area contributed by atoms with E-state index in [1.54, 1.807) is 11.3 Å². The predicted molar refractivity (Wildman–Crippen MR) is 89.8 cm³/mol. The lowest BCUT2D eigenvalue weighted by atomic mass is 10.00. The first-order valence-corrected chi connectivity index (χ1v) is 8.22. The third-order valence-electron chi connectivity index (χ3n) is 3.39. The van der Waals surface area contributed by atoms with Gasteiger partial charge in [-0.25, -0.2) is 0 Å². The molecule has 3 aromatic rings. The Hall–Kier alpha value is -0.870. The Morgan fingerprint density at radius 3 is 2.80 bits per heavy atom. The molecule has 0 aliphatic carbocycles. The van der Waals surface area contributed by atoms with Gasteiger partial charge in [0.1, 0.15) is 6.10 Å². The second kappa shape index (κ2) is 5.49. The Morgan fingerprint density at radius 2 is 2.05 bits per heavy atom. The third-order valence-corrected chi connectivity index (χ3v) is 5.77. The van der Waals surface area contributed by atoms with E-state index >= 15 is 0 Å². The van der Waals surface area contributed by atoms with Crippen molar-refractivity contribution in [2.45, 2.75) is 13.0 Å². The van der Waals surface area contributed by atoms with Gasteiger partial charge in [-0.15, -0.1) is 11.3 Å². The van der Waals surface area contributed by atoms with Gasteiger partial charge in [-0.1, -0.05) is 35.9 Å². The second-order valence-corrected chi connectivity index (χ2v) is 6.86. The highest BCUT2D eigenvalue weighted by Crippen LogP contribution is 2.37. The monoisotopic (exact) mass is 366 g/mol. The smallest absolute Gasteiger partial charge is 0.106 e. The molecule has 0 spiro atoms. The fourth-order valence-electron chi connectivity index (χ4n) is 2.21. The van der Waals surface area contributed by atoms with Crippen LogP contribution in [0, 0.1) is 6.92 Å². The number of halogens is 2. The van der Waals surface area contributed by atoms with Crippen LogP contribution in [-0.2, 0) is 0 Å². The number of aryl methyl sites for hydroxylation is 1. The number of aliphatic hydroxyl groups is 1. The summed E-state index contributed by atoms with van der Waals surface area (Å²) in [7, 11) is 0. The van der Waals surface area contributed by atoms with E-state index in [0.29, 0.717) is 5.02 Å². The molecule has 0 bridgehead atoms. The van der Waals surface area contributed by atoms with Crippen molar-refractivity contribution in [2.24, 2.45) is 0 Å². The molecule has 4 heteroatoms. The molecule has 20 heavy (non-hydrogen) atoms. The summed E-state index contributed by atoms with van der Waals surface area (Å²) in [5.41, 5.74) is 2.76. The number of rotatable bonds is 2. The van der Waals surface area contributed by atoms with Crippen molar-refractivity contribution in [3.63, 3.8) is 0 Å². The molecule has 1 aromatic heterocycles. The topological polar surface area (TPSA) is 20.2 Å². The van der Waals surface area contributed by atoms with Crippen LogP contribution in [0.1, 0.15) is 22.8 Å². The maximum Gasteiger partial charge on any atom is 0.106 e. The van der Waals surface area contributed by atoms with Crippen molar-refractivity contribution in [3.8, 4) is 0 Å². The molecule has 0 aliphatic heterocycles. The fourth-order valence-corrected chi connectivity index (χ4v) is 4.04. The lowest BCUT2D eigenvalue weighted by Gasteiger charge is -2.12. The van der Waals surface area contributed by atoms with Crippen molar-refractivity contribution in [1.82, 2.24) is 0 Å². The van der Waals surface area contributed by atoms with Gasteiger partial charge in [0.2, 0.25) is 0 Å². The molecule has 1 atom stereocenters. The van der Waals surface area contributed by atoms with Crippen molar-refractivity contribution in [1.29, 1.82) is 0 Å². The van der Waals surface area contributed by atoms with E-state index in [-0.39, 0.29) is 0 Å². The first kappa shape index (κ1) is 14.1. The van der Waals surface area contributed by atoms with E-state index < -0.39 is 6.10 Å². The lowest BCUT2D eigenvalue weighted by Crippen LogP contribution is -1.99. The van der Waals surface area contributed by atoms with Gasteiger partial charge < -0.3 is 5.11 Å². The second-order valence-electron chi connectivity index (χ2n) is 4.72. The maximum atomic E-state index is 10.6. The van der Waals surface area contributed by atoms with Gasteiger partial charge >= 0.3 is 0 Å². The van der Waals surface area contributed by atoms with Gasteiger partial charge in [0.15, 0.2) is 0 Å². The number of aliphatic hydroxyl groups excluding tert-OH is 1. The van der Waals surface area contributed by atoms with Crippen LogP contribution in [0.25, 0.3) is 10.1 Å². The minimum atomic E-state index is -0.656. The van der Waals surface area contributed by atoms with Crippen LogP contribution in [-0.4, -0.2) is 5.11 Å². The zero-order valence-electron chi connectivity index (χ0n) is 10.7. The number of hydrogen-bond acceptors (Lipinski definition) is 2. The van der Waals surface area contributed by atoms with E-state index in [0.717, 1.165) is 31.2 Å². The summed E-state index contributed by atoms with van der Waals surface area (Å²) >= 11 is 11.3. The molecule has 0 fully saturated rings. The molecule has 2 aromatic carbocycles. The standard InChI is InChI=1S/C16H12BrClOS/c1-9-5-6-10(7-14(9)18)15(19)12-8-20-16-11(12)3-2-4-13(16)17/h2-8,15,19H,1H3. The van der Waals surface area contributed by atoms with Gasteiger partial charge in [0.25, 0.3) is 0 Å². The highest BCUT2D eigenvalue weighted by molar-refractivity contribution is 9.10. The summed E-state index contributed by atoms with van der Waals surface area (Å²) in [6.07, 6.45) is -0.656. The number of benzene rings is 2. The zero-order valence-corrected chi connectivity index (χ0v) is 13.9. The summed E-state index contributed by atoms with van der Waals surface area (Å²) in [5, 5.41) is 14.4. The van der Waals surface area contributed by atoms with E-state index in [1.807, 2.05) is 48.7 Å². The molecule has 1 unspecified atom stereocenters. The summed E-state index contributed by atoms with van der Waals surface area (Å²) in [6, 6.07) is 11.7. The van der Waals surface area contributed by atoms with Gasteiger partial charge in [0, 0.05) is 19.8 Å². The molecule has 0 saturated heterocycles. The highest BCUT2D eigenvalue weighted by Gasteiger charge is 2.16. The van der Waals surface area contributed by atoms with Gasteiger partial charge in [-0.3, -0.25) is 0 Å². The molecule has 1 N–H and O–H groups in total. The third kappa shape index (κ3) is 2.40. The van der Waals surface area contributed by atoms with Crippen LogP contribution < -0.4 is 0 Å². The van der Waals surface area contributed by atoms with Gasteiger partial charge in [-0.05, 0) is 56.9 Å². The number of hydrogen-bond donors (Lipinski definition) is 1. The van der Waals surface area contributed by atoms with Crippen molar-refractivity contribution < 1.29 is 5.11 Å². The first-order chi connectivity index (χ1) is 9.58. The number of thiophene rings is 1. The van der Waals surface area contributed by atoms with Crippen LogP contribution in [0.2, 0.25) is 5.02 Å². The van der Waals surface area contributed by atoms with Crippen LogP contribution >= 0.6 is 38.9 Å². The minimum absolute atomic E-state index is 0.656. The highest BCUT2D eigenvalue weighted by atomic mass is 79.9.